The molecule has 0 heterocycles. The summed E-state index contributed by atoms with van der Waals surface area (Å²) in [6.07, 6.45) is 11.7. The van der Waals surface area contributed by atoms with E-state index in [1.54, 1.807) is 0 Å². The zero-order valence-electron chi connectivity index (χ0n) is 10.7. The molecule has 0 N–H and O–H groups in total. The van der Waals surface area contributed by atoms with Gasteiger partial charge in [0.1, 0.15) is 5.78 Å². The maximum absolute atomic E-state index is 12.4. The van der Waals surface area contributed by atoms with Crippen molar-refractivity contribution in [2.75, 3.05) is 0 Å². The summed E-state index contributed by atoms with van der Waals surface area (Å²) in [6, 6.07) is 0. The van der Waals surface area contributed by atoms with Crippen molar-refractivity contribution in [1.29, 1.82) is 0 Å². The molecule has 4 aliphatic carbocycles. The van der Waals surface area contributed by atoms with Crippen LogP contribution in [0.4, 0.5) is 0 Å². The Kier molecular flexibility index (Phi) is 3.10. The first-order valence-electron chi connectivity index (χ1n) is 7.41. The Labute approximate surface area is 105 Å². The van der Waals surface area contributed by atoms with Gasteiger partial charge in [-0.05, 0) is 68.6 Å². The number of Topliss-reactive ketones (excluding diaryl/α,β-unsaturated/α-hetero) is 1. The largest absolute Gasteiger partial charge is 0.299 e. The fraction of sp³-hybridized carbons (Fsp3) is 0.812. The Hall–Kier alpha value is -0.590. The number of unbranched alkanes of at least 4 members (excludes halogenated alkanes) is 1. The Balaban J connectivity index is 1.63. The molecule has 0 aromatic carbocycles. The molecule has 1 heteroatoms. The number of ketones is 1. The lowest BCUT2D eigenvalue weighted by atomic mass is 9.51. The molecule has 4 saturated carbocycles. The van der Waals surface area contributed by atoms with Crippen LogP contribution in [0.3, 0.4) is 0 Å². The van der Waals surface area contributed by atoms with Crippen LogP contribution < -0.4 is 0 Å². The number of allylic oxidation sites excluding steroid dienone is 1. The lowest BCUT2D eigenvalue weighted by Crippen LogP contribution is -2.47. The molecule has 4 fully saturated rings. The van der Waals surface area contributed by atoms with Gasteiger partial charge in [-0.3, -0.25) is 4.79 Å². The normalized spacial score (nSPS) is 42.7. The molecular weight excluding hydrogens is 208 g/mol. The van der Waals surface area contributed by atoms with Crippen molar-refractivity contribution in [3.63, 3.8) is 0 Å². The zero-order chi connectivity index (χ0) is 11.8. The van der Waals surface area contributed by atoms with Crippen LogP contribution in [0, 0.1) is 29.6 Å². The number of rotatable bonds is 5. The number of carbonyl (C=O) groups excluding carboxylic acids is 1. The summed E-state index contributed by atoms with van der Waals surface area (Å²) in [7, 11) is 0. The Bertz CT molecular complexity index is 289. The minimum Gasteiger partial charge on any atom is -0.299 e. The molecule has 0 atom stereocenters. The van der Waals surface area contributed by atoms with Gasteiger partial charge in [0.15, 0.2) is 0 Å². The second-order valence-corrected chi connectivity index (χ2v) is 6.60. The number of carbonyl (C=O) groups is 1. The predicted molar refractivity (Wildman–Crippen MR) is 69.6 cm³/mol. The maximum Gasteiger partial charge on any atom is 0.136 e. The van der Waals surface area contributed by atoms with Crippen LogP contribution in [0.25, 0.3) is 0 Å². The molecule has 17 heavy (non-hydrogen) atoms. The Morgan fingerprint density at radius 1 is 1.06 bits per heavy atom. The van der Waals surface area contributed by atoms with Gasteiger partial charge in [0.2, 0.25) is 0 Å². The summed E-state index contributed by atoms with van der Waals surface area (Å²) in [6.45, 7) is 3.73. The third kappa shape index (κ3) is 2.09. The van der Waals surface area contributed by atoms with Gasteiger partial charge in [-0.1, -0.05) is 6.08 Å². The molecule has 4 aliphatic rings. The average Bonchev–Trinajstić information content (AvgIpc) is 2.27. The molecule has 0 aromatic heterocycles. The van der Waals surface area contributed by atoms with E-state index in [-0.39, 0.29) is 0 Å². The first-order chi connectivity index (χ1) is 8.28. The predicted octanol–water partition coefficient (Wildman–Crippen LogP) is 3.98. The van der Waals surface area contributed by atoms with Crippen LogP contribution in [0.15, 0.2) is 12.7 Å². The molecule has 94 valence electrons. The summed E-state index contributed by atoms with van der Waals surface area (Å²) in [5.41, 5.74) is 0. The van der Waals surface area contributed by atoms with Crippen LogP contribution in [0.1, 0.15) is 51.4 Å². The topological polar surface area (TPSA) is 17.1 Å². The van der Waals surface area contributed by atoms with E-state index in [9.17, 15) is 4.79 Å². The van der Waals surface area contributed by atoms with Gasteiger partial charge >= 0.3 is 0 Å². The van der Waals surface area contributed by atoms with Crippen molar-refractivity contribution in [1.82, 2.24) is 0 Å². The molecule has 0 spiro atoms. The van der Waals surface area contributed by atoms with Crippen molar-refractivity contribution in [2.45, 2.75) is 51.4 Å². The van der Waals surface area contributed by atoms with E-state index < -0.39 is 0 Å². The van der Waals surface area contributed by atoms with E-state index in [4.69, 9.17) is 0 Å². The van der Waals surface area contributed by atoms with E-state index in [2.05, 4.69) is 6.58 Å². The van der Waals surface area contributed by atoms with E-state index in [1.807, 2.05) is 6.08 Å². The Morgan fingerprint density at radius 3 is 2.18 bits per heavy atom. The van der Waals surface area contributed by atoms with Gasteiger partial charge in [-0.15, -0.1) is 6.58 Å². The Morgan fingerprint density at radius 2 is 1.65 bits per heavy atom. The highest BCUT2D eigenvalue weighted by atomic mass is 16.1. The SMILES string of the molecule is C=CCCCC(=O)C1C2CC3CC(C2)CC1C3. The molecule has 0 amide bonds. The van der Waals surface area contributed by atoms with E-state index in [0.29, 0.717) is 11.7 Å². The zero-order valence-corrected chi connectivity index (χ0v) is 10.7. The molecule has 0 radical (unpaired) electrons. The second-order valence-electron chi connectivity index (χ2n) is 6.60. The lowest BCUT2D eigenvalue weighted by molar-refractivity contribution is -0.135. The first-order valence-corrected chi connectivity index (χ1v) is 7.41. The van der Waals surface area contributed by atoms with Gasteiger partial charge < -0.3 is 0 Å². The minimum absolute atomic E-state index is 0.451. The summed E-state index contributed by atoms with van der Waals surface area (Å²) in [4.78, 5) is 12.4. The number of hydrogen-bond donors (Lipinski definition) is 0. The highest BCUT2D eigenvalue weighted by molar-refractivity contribution is 5.82. The molecule has 0 saturated heterocycles. The van der Waals surface area contributed by atoms with E-state index in [1.165, 1.54) is 32.1 Å². The summed E-state index contributed by atoms with van der Waals surface area (Å²) in [5, 5.41) is 0. The van der Waals surface area contributed by atoms with Crippen LogP contribution >= 0.6 is 0 Å². The molecule has 0 aromatic rings. The summed E-state index contributed by atoms with van der Waals surface area (Å²) < 4.78 is 0. The summed E-state index contributed by atoms with van der Waals surface area (Å²) in [5.74, 6) is 4.53. The van der Waals surface area contributed by atoms with Gasteiger partial charge in [-0.25, -0.2) is 0 Å². The smallest absolute Gasteiger partial charge is 0.136 e. The highest BCUT2D eigenvalue weighted by Gasteiger charge is 2.50. The van der Waals surface area contributed by atoms with Crippen LogP contribution in [0.5, 0.6) is 0 Å². The van der Waals surface area contributed by atoms with Gasteiger partial charge in [0.25, 0.3) is 0 Å². The molecule has 4 rings (SSSR count). The van der Waals surface area contributed by atoms with Crippen molar-refractivity contribution < 1.29 is 4.79 Å². The van der Waals surface area contributed by atoms with Gasteiger partial charge in [-0.2, -0.15) is 0 Å². The van der Waals surface area contributed by atoms with Crippen molar-refractivity contribution in [3.05, 3.63) is 12.7 Å². The highest BCUT2D eigenvalue weighted by Crippen LogP contribution is 2.56. The van der Waals surface area contributed by atoms with Gasteiger partial charge in [0, 0.05) is 12.3 Å². The van der Waals surface area contributed by atoms with Crippen molar-refractivity contribution in [2.24, 2.45) is 29.6 Å². The molecule has 0 aliphatic heterocycles. The fourth-order valence-electron chi connectivity index (χ4n) is 5.04. The van der Waals surface area contributed by atoms with Gasteiger partial charge in [0.05, 0.1) is 0 Å². The second kappa shape index (κ2) is 4.59. The fourth-order valence-corrected chi connectivity index (χ4v) is 5.04. The third-order valence-electron chi connectivity index (χ3n) is 5.43. The minimum atomic E-state index is 0.451. The molecule has 1 nitrogen and oxygen atoms in total. The lowest BCUT2D eigenvalue weighted by Gasteiger charge is -2.53. The third-order valence-corrected chi connectivity index (χ3v) is 5.43. The monoisotopic (exact) mass is 232 g/mol. The maximum atomic E-state index is 12.4. The van der Waals surface area contributed by atoms with E-state index >= 15 is 0 Å². The quantitative estimate of drug-likeness (QED) is 0.517. The number of hydrogen-bond acceptors (Lipinski definition) is 1. The van der Waals surface area contributed by atoms with Crippen LogP contribution in [-0.4, -0.2) is 5.78 Å². The molecular formula is C16H24O. The molecule has 4 bridgehead atoms. The standard InChI is InChI=1S/C16H24O/c1-2-3-4-5-15(17)16-13-7-11-6-12(9-13)10-14(16)8-11/h2,11-14,16H,1,3-10H2. The first kappa shape index (κ1) is 11.5. The summed E-state index contributed by atoms with van der Waals surface area (Å²) >= 11 is 0. The van der Waals surface area contributed by atoms with Crippen molar-refractivity contribution in [3.8, 4) is 0 Å². The van der Waals surface area contributed by atoms with Crippen LogP contribution in [-0.2, 0) is 4.79 Å². The van der Waals surface area contributed by atoms with Crippen molar-refractivity contribution >= 4 is 5.78 Å². The average molecular weight is 232 g/mol. The molecule has 0 unspecified atom stereocenters. The van der Waals surface area contributed by atoms with E-state index in [0.717, 1.165) is 42.9 Å². The van der Waals surface area contributed by atoms with Crippen LogP contribution in [0.2, 0.25) is 0 Å².